The minimum Gasteiger partial charge on any atom is -0.320 e. The van der Waals surface area contributed by atoms with Gasteiger partial charge in [0.1, 0.15) is 23.9 Å². The van der Waals surface area contributed by atoms with Crippen LogP contribution in [-0.4, -0.2) is 18.4 Å². The van der Waals surface area contributed by atoms with Crippen LogP contribution >= 0.6 is 15.9 Å². The number of anilines is 2. The third-order valence-corrected chi connectivity index (χ3v) is 3.72. The molecule has 0 heterocycles. The molecule has 0 aliphatic rings. The Bertz CT molecular complexity index is 732. The summed E-state index contributed by atoms with van der Waals surface area (Å²) in [6.45, 7) is 0.933. The van der Waals surface area contributed by atoms with Gasteiger partial charge in [-0.1, -0.05) is 18.2 Å². The van der Waals surface area contributed by atoms with Crippen molar-refractivity contribution >= 4 is 39.1 Å². The van der Waals surface area contributed by atoms with Crippen LogP contribution in [0.25, 0.3) is 0 Å². The van der Waals surface area contributed by atoms with Gasteiger partial charge in [-0.15, -0.1) is 0 Å². The van der Waals surface area contributed by atoms with Crippen LogP contribution in [0, 0.1) is 11.6 Å². The first-order valence-electron chi connectivity index (χ1n) is 6.66. The van der Waals surface area contributed by atoms with Crippen LogP contribution < -0.4 is 10.2 Å². The first-order chi connectivity index (χ1) is 10.9. The molecule has 0 aliphatic carbocycles. The Hall–Kier alpha value is -2.28. The summed E-state index contributed by atoms with van der Waals surface area (Å²) in [6, 6.07) is 10.1. The molecule has 0 fully saturated rings. The van der Waals surface area contributed by atoms with Gasteiger partial charge in [0.15, 0.2) is 0 Å². The third kappa shape index (κ3) is 4.13. The second kappa shape index (κ2) is 7.32. The van der Waals surface area contributed by atoms with E-state index in [0.29, 0.717) is 10.2 Å². The predicted octanol–water partition coefficient (Wildman–Crippen LogP) is 3.72. The molecule has 23 heavy (non-hydrogen) atoms. The predicted molar refractivity (Wildman–Crippen MR) is 87.2 cm³/mol. The SMILES string of the molecule is CC(=O)N(CC(=O)Nc1c(F)cccc1F)c1ccccc1Br. The molecule has 2 rings (SSSR count). The molecule has 0 aromatic heterocycles. The lowest BCUT2D eigenvalue weighted by atomic mass is 10.2. The van der Waals surface area contributed by atoms with Crippen molar-refractivity contribution in [2.24, 2.45) is 0 Å². The van der Waals surface area contributed by atoms with Gasteiger partial charge in [0.2, 0.25) is 11.8 Å². The Morgan fingerprint density at radius 1 is 1.09 bits per heavy atom. The Balaban J connectivity index is 2.20. The van der Waals surface area contributed by atoms with Crippen molar-refractivity contribution in [3.8, 4) is 0 Å². The maximum atomic E-state index is 13.6. The average Bonchev–Trinajstić information content (AvgIpc) is 2.49. The molecular formula is C16H13BrF2N2O2. The summed E-state index contributed by atoms with van der Waals surface area (Å²) in [4.78, 5) is 25.1. The number of nitrogens with zero attached hydrogens (tertiary/aromatic N) is 1. The van der Waals surface area contributed by atoms with Crippen LogP contribution in [-0.2, 0) is 9.59 Å². The zero-order chi connectivity index (χ0) is 17.0. The van der Waals surface area contributed by atoms with Crippen LogP contribution in [0.15, 0.2) is 46.9 Å². The average molecular weight is 383 g/mol. The van der Waals surface area contributed by atoms with Crippen LogP contribution in [0.5, 0.6) is 0 Å². The van der Waals surface area contributed by atoms with Crippen LogP contribution in [0.3, 0.4) is 0 Å². The number of carbonyl (C=O) groups excluding carboxylic acids is 2. The number of para-hydroxylation sites is 2. The number of halogens is 3. The van der Waals surface area contributed by atoms with Crippen molar-refractivity contribution < 1.29 is 18.4 Å². The first-order valence-corrected chi connectivity index (χ1v) is 7.46. The standard InChI is InChI=1S/C16H13BrF2N2O2/c1-10(22)21(14-8-3-2-5-11(14)17)9-15(23)20-16-12(18)6-4-7-13(16)19/h2-8H,9H2,1H3,(H,20,23). The normalized spacial score (nSPS) is 10.3. The van der Waals surface area contributed by atoms with Gasteiger partial charge in [0.25, 0.3) is 0 Å². The number of rotatable bonds is 4. The topological polar surface area (TPSA) is 49.4 Å². The number of hydrogen-bond acceptors (Lipinski definition) is 2. The number of hydrogen-bond donors (Lipinski definition) is 1. The van der Waals surface area contributed by atoms with Crippen molar-refractivity contribution in [1.82, 2.24) is 0 Å². The van der Waals surface area contributed by atoms with Gasteiger partial charge < -0.3 is 10.2 Å². The quantitative estimate of drug-likeness (QED) is 0.875. The summed E-state index contributed by atoms with van der Waals surface area (Å²) >= 11 is 3.30. The molecule has 0 spiro atoms. The van der Waals surface area contributed by atoms with E-state index in [4.69, 9.17) is 0 Å². The van der Waals surface area contributed by atoms with E-state index in [1.165, 1.54) is 17.9 Å². The number of carbonyl (C=O) groups is 2. The number of benzene rings is 2. The van der Waals surface area contributed by atoms with Gasteiger partial charge in [-0.05, 0) is 40.2 Å². The molecule has 1 N–H and O–H groups in total. The fourth-order valence-electron chi connectivity index (χ4n) is 1.98. The highest BCUT2D eigenvalue weighted by molar-refractivity contribution is 9.10. The highest BCUT2D eigenvalue weighted by atomic mass is 79.9. The molecule has 7 heteroatoms. The maximum absolute atomic E-state index is 13.6. The summed E-state index contributed by atoms with van der Waals surface area (Å²) in [7, 11) is 0. The zero-order valence-corrected chi connectivity index (χ0v) is 13.7. The lowest BCUT2D eigenvalue weighted by Crippen LogP contribution is -2.37. The Morgan fingerprint density at radius 3 is 2.26 bits per heavy atom. The molecule has 2 amide bonds. The molecule has 0 aliphatic heterocycles. The summed E-state index contributed by atoms with van der Waals surface area (Å²) in [5.41, 5.74) is -0.0442. The van der Waals surface area contributed by atoms with Gasteiger partial charge >= 0.3 is 0 Å². The summed E-state index contributed by atoms with van der Waals surface area (Å²) in [5, 5.41) is 2.15. The largest absolute Gasteiger partial charge is 0.320 e. The maximum Gasteiger partial charge on any atom is 0.244 e. The van der Waals surface area contributed by atoms with E-state index < -0.39 is 23.2 Å². The van der Waals surface area contributed by atoms with Gasteiger partial charge in [-0.25, -0.2) is 8.78 Å². The summed E-state index contributed by atoms with van der Waals surface area (Å²) in [5.74, 6) is -2.84. The second-order valence-electron chi connectivity index (χ2n) is 4.70. The van der Waals surface area contributed by atoms with E-state index >= 15 is 0 Å². The lowest BCUT2D eigenvalue weighted by Gasteiger charge is -2.22. The highest BCUT2D eigenvalue weighted by Crippen LogP contribution is 2.26. The fourth-order valence-corrected chi connectivity index (χ4v) is 2.48. The second-order valence-corrected chi connectivity index (χ2v) is 5.56. The smallest absolute Gasteiger partial charge is 0.244 e. The minimum absolute atomic E-state index is 0.369. The molecule has 0 unspecified atom stereocenters. The van der Waals surface area contributed by atoms with Crippen molar-refractivity contribution in [2.75, 3.05) is 16.8 Å². The molecule has 2 aromatic rings. The molecule has 0 radical (unpaired) electrons. The lowest BCUT2D eigenvalue weighted by molar-refractivity contribution is -0.120. The van der Waals surface area contributed by atoms with Crippen LogP contribution in [0.2, 0.25) is 0 Å². The van der Waals surface area contributed by atoms with E-state index in [2.05, 4.69) is 21.2 Å². The van der Waals surface area contributed by atoms with Crippen molar-refractivity contribution in [3.05, 3.63) is 58.6 Å². The van der Waals surface area contributed by atoms with Gasteiger partial charge in [-0.3, -0.25) is 9.59 Å². The van der Waals surface area contributed by atoms with E-state index in [0.717, 1.165) is 12.1 Å². The Kier molecular flexibility index (Phi) is 5.44. The van der Waals surface area contributed by atoms with Gasteiger partial charge in [0.05, 0.1) is 5.69 Å². The summed E-state index contributed by atoms with van der Waals surface area (Å²) in [6.07, 6.45) is 0. The van der Waals surface area contributed by atoms with Crippen LogP contribution in [0.4, 0.5) is 20.2 Å². The van der Waals surface area contributed by atoms with Crippen molar-refractivity contribution in [1.29, 1.82) is 0 Å². The molecule has 0 saturated heterocycles. The molecule has 4 nitrogen and oxygen atoms in total. The van der Waals surface area contributed by atoms with Crippen molar-refractivity contribution in [3.63, 3.8) is 0 Å². The minimum atomic E-state index is -0.881. The van der Waals surface area contributed by atoms with E-state index in [9.17, 15) is 18.4 Å². The number of amides is 2. The first kappa shape index (κ1) is 17.1. The molecule has 120 valence electrons. The monoisotopic (exact) mass is 382 g/mol. The number of nitrogens with one attached hydrogen (secondary N) is 1. The molecule has 2 aromatic carbocycles. The van der Waals surface area contributed by atoms with Gasteiger partial charge in [0, 0.05) is 11.4 Å². The molecule has 0 bridgehead atoms. The molecule has 0 saturated carbocycles. The fraction of sp³-hybridized carbons (Fsp3) is 0.125. The molecule has 0 atom stereocenters. The van der Waals surface area contributed by atoms with Crippen LogP contribution in [0.1, 0.15) is 6.92 Å². The Morgan fingerprint density at radius 2 is 1.70 bits per heavy atom. The van der Waals surface area contributed by atoms with E-state index in [1.54, 1.807) is 24.3 Å². The third-order valence-electron chi connectivity index (χ3n) is 3.05. The highest BCUT2D eigenvalue weighted by Gasteiger charge is 2.19. The Labute approximate surface area is 140 Å². The zero-order valence-electron chi connectivity index (χ0n) is 12.1. The van der Waals surface area contributed by atoms with Gasteiger partial charge in [-0.2, -0.15) is 0 Å². The van der Waals surface area contributed by atoms with E-state index in [1.807, 2.05) is 0 Å². The molecular weight excluding hydrogens is 370 g/mol. The summed E-state index contributed by atoms with van der Waals surface area (Å²) < 4.78 is 27.7. The van der Waals surface area contributed by atoms with E-state index in [-0.39, 0.29) is 12.5 Å². The van der Waals surface area contributed by atoms with Crippen molar-refractivity contribution in [2.45, 2.75) is 6.92 Å².